The number of likely N-dealkylation sites (tertiary alicyclic amines) is 1. The van der Waals surface area contributed by atoms with E-state index in [1.807, 2.05) is 0 Å². The second-order valence-corrected chi connectivity index (χ2v) is 5.34. The Hall–Kier alpha value is -0.610. The molecule has 1 fully saturated rings. The van der Waals surface area contributed by atoms with Crippen LogP contribution in [0.3, 0.4) is 0 Å². The zero-order chi connectivity index (χ0) is 12.8. The van der Waals surface area contributed by atoms with Crippen molar-refractivity contribution in [1.82, 2.24) is 10.2 Å². The third-order valence-electron chi connectivity index (χ3n) is 3.56. The predicted molar refractivity (Wildman–Crippen MR) is 69.2 cm³/mol. The third kappa shape index (κ3) is 5.04. The Bertz CT molecular complexity index is 244. The van der Waals surface area contributed by atoms with Gasteiger partial charge in [-0.15, -0.1) is 0 Å². The molecule has 0 radical (unpaired) electrons. The van der Waals surface area contributed by atoms with Crippen molar-refractivity contribution >= 4 is 5.97 Å². The summed E-state index contributed by atoms with van der Waals surface area (Å²) in [5.41, 5.74) is 0. The van der Waals surface area contributed by atoms with Crippen LogP contribution in [0, 0.1) is 5.92 Å². The number of piperidine rings is 1. The van der Waals surface area contributed by atoms with E-state index in [9.17, 15) is 4.79 Å². The Morgan fingerprint density at radius 3 is 2.71 bits per heavy atom. The molecule has 100 valence electrons. The first-order valence-electron chi connectivity index (χ1n) is 6.72. The molecule has 2 atom stereocenters. The van der Waals surface area contributed by atoms with Gasteiger partial charge >= 0.3 is 5.97 Å². The maximum absolute atomic E-state index is 10.6. The Labute approximate surface area is 104 Å². The number of carbonyl (C=O) groups is 1. The Morgan fingerprint density at radius 2 is 2.18 bits per heavy atom. The van der Waals surface area contributed by atoms with Gasteiger partial charge in [-0.25, -0.2) is 0 Å². The summed E-state index contributed by atoms with van der Waals surface area (Å²) in [5, 5.41) is 12.3. The van der Waals surface area contributed by atoms with E-state index in [1.165, 1.54) is 0 Å². The number of carboxylic acid groups (broad SMARTS) is 1. The minimum atomic E-state index is -0.674. The number of carboxylic acids is 1. The minimum Gasteiger partial charge on any atom is -0.481 e. The maximum atomic E-state index is 10.6. The van der Waals surface area contributed by atoms with Crippen molar-refractivity contribution < 1.29 is 9.90 Å². The van der Waals surface area contributed by atoms with Crippen molar-refractivity contribution in [3.05, 3.63) is 0 Å². The number of nitrogens with zero attached hydrogens (tertiary/aromatic N) is 1. The van der Waals surface area contributed by atoms with Crippen LogP contribution in [0.2, 0.25) is 0 Å². The molecule has 0 aromatic heterocycles. The molecule has 4 heteroatoms. The van der Waals surface area contributed by atoms with E-state index in [4.69, 9.17) is 5.11 Å². The molecular weight excluding hydrogens is 216 g/mol. The molecule has 0 amide bonds. The highest BCUT2D eigenvalue weighted by molar-refractivity contribution is 5.66. The van der Waals surface area contributed by atoms with Gasteiger partial charge in [0.2, 0.25) is 0 Å². The Morgan fingerprint density at radius 1 is 1.47 bits per heavy atom. The van der Waals surface area contributed by atoms with Gasteiger partial charge in [-0.05, 0) is 39.2 Å². The quantitative estimate of drug-likeness (QED) is 0.742. The second kappa shape index (κ2) is 6.97. The largest absolute Gasteiger partial charge is 0.481 e. The molecule has 1 heterocycles. The first-order valence-corrected chi connectivity index (χ1v) is 6.72. The number of hydrogen-bond donors (Lipinski definition) is 2. The molecule has 17 heavy (non-hydrogen) atoms. The zero-order valence-corrected chi connectivity index (χ0v) is 11.3. The molecule has 1 rings (SSSR count). The van der Waals surface area contributed by atoms with Gasteiger partial charge in [-0.1, -0.05) is 6.92 Å². The summed E-state index contributed by atoms with van der Waals surface area (Å²) >= 11 is 0. The summed E-state index contributed by atoms with van der Waals surface area (Å²) < 4.78 is 0. The van der Waals surface area contributed by atoms with Gasteiger partial charge < -0.3 is 10.4 Å². The SMILES string of the molecule is CCNC1CC(CCC(=O)O)CN(C(C)C)C1. The van der Waals surface area contributed by atoms with Crippen molar-refractivity contribution in [2.75, 3.05) is 19.6 Å². The lowest BCUT2D eigenvalue weighted by atomic mass is 9.89. The van der Waals surface area contributed by atoms with Gasteiger partial charge in [0, 0.05) is 31.6 Å². The standard InChI is InChI=1S/C13H26N2O2/c1-4-14-12-7-11(5-6-13(16)17)8-15(9-12)10(2)3/h10-12,14H,4-9H2,1-3H3,(H,16,17). The maximum Gasteiger partial charge on any atom is 0.303 e. The number of nitrogens with one attached hydrogen (secondary N) is 1. The van der Waals surface area contributed by atoms with Crippen molar-refractivity contribution in [3.63, 3.8) is 0 Å². The highest BCUT2D eigenvalue weighted by Crippen LogP contribution is 2.22. The fourth-order valence-electron chi connectivity index (χ4n) is 2.64. The molecule has 0 spiro atoms. The van der Waals surface area contributed by atoms with Crippen LogP contribution in [-0.2, 0) is 4.79 Å². The first-order chi connectivity index (χ1) is 8.02. The van der Waals surface area contributed by atoms with Crippen LogP contribution in [0.25, 0.3) is 0 Å². The van der Waals surface area contributed by atoms with E-state index >= 15 is 0 Å². The summed E-state index contributed by atoms with van der Waals surface area (Å²) in [5.74, 6) is -0.155. The predicted octanol–water partition coefficient (Wildman–Crippen LogP) is 1.56. The van der Waals surface area contributed by atoms with Gasteiger partial charge in [-0.3, -0.25) is 9.69 Å². The van der Waals surface area contributed by atoms with Crippen molar-refractivity contribution in [2.45, 2.75) is 52.1 Å². The van der Waals surface area contributed by atoms with Crippen LogP contribution < -0.4 is 5.32 Å². The summed E-state index contributed by atoms with van der Waals surface area (Å²) in [4.78, 5) is 13.1. The van der Waals surface area contributed by atoms with E-state index in [0.717, 1.165) is 32.5 Å². The lowest BCUT2D eigenvalue weighted by Gasteiger charge is -2.40. The number of aliphatic carboxylic acids is 1. The fraction of sp³-hybridized carbons (Fsp3) is 0.923. The van der Waals surface area contributed by atoms with Gasteiger partial charge in [0.25, 0.3) is 0 Å². The second-order valence-electron chi connectivity index (χ2n) is 5.34. The molecule has 1 saturated heterocycles. The highest BCUT2D eigenvalue weighted by atomic mass is 16.4. The third-order valence-corrected chi connectivity index (χ3v) is 3.56. The van der Waals surface area contributed by atoms with E-state index in [1.54, 1.807) is 0 Å². The molecule has 1 aliphatic heterocycles. The molecule has 1 aliphatic rings. The summed E-state index contributed by atoms with van der Waals surface area (Å²) in [6.07, 6.45) is 2.22. The van der Waals surface area contributed by atoms with E-state index in [-0.39, 0.29) is 0 Å². The monoisotopic (exact) mass is 242 g/mol. The van der Waals surface area contributed by atoms with Crippen LogP contribution >= 0.6 is 0 Å². The van der Waals surface area contributed by atoms with E-state index in [2.05, 4.69) is 31.0 Å². The molecule has 0 aromatic carbocycles. The van der Waals surface area contributed by atoms with Crippen molar-refractivity contribution in [3.8, 4) is 0 Å². The lowest BCUT2D eigenvalue weighted by molar-refractivity contribution is -0.137. The minimum absolute atomic E-state index is 0.301. The smallest absolute Gasteiger partial charge is 0.303 e. The van der Waals surface area contributed by atoms with Crippen molar-refractivity contribution in [2.24, 2.45) is 5.92 Å². The summed E-state index contributed by atoms with van der Waals surface area (Å²) in [7, 11) is 0. The zero-order valence-electron chi connectivity index (χ0n) is 11.3. The topological polar surface area (TPSA) is 52.6 Å². The Balaban J connectivity index is 2.49. The Kier molecular flexibility index (Phi) is 5.92. The molecule has 0 aromatic rings. The average Bonchev–Trinajstić information content (AvgIpc) is 2.26. The lowest BCUT2D eigenvalue weighted by Crippen LogP contribution is -2.51. The number of likely N-dealkylation sites (N-methyl/N-ethyl adjacent to an activating group) is 1. The van der Waals surface area contributed by atoms with Crippen LogP contribution in [0.15, 0.2) is 0 Å². The number of hydrogen-bond acceptors (Lipinski definition) is 3. The average molecular weight is 242 g/mol. The van der Waals surface area contributed by atoms with Gasteiger partial charge in [0.15, 0.2) is 0 Å². The molecule has 4 nitrogen and oxygen atoms in total. The van der Waals surface area contributed by atoms with Crippen LogP contribution in [0.1, 0.15) is 40.0 Å². The molecule has 2 N–H and O–H groups in total. The van der Waals surface area contributed by atoms with Crippen LogP contribution in [0.5, 0.6) is 0 Å². The number of rotatable bonds is 6. The molecule has 0 bridgehead atoms. The normalized spacial score (nSPS) is 26.4. The first kappa shape index (κ1) is 14.5. The van der Waals surface area contributed by atoms with Crippen molar-refractivity contribution in [1.29, 1.82) is 0 Å². The van der Waals surface area contributed by atoms with Gasteiger partial charge in [0.05, 0.1) is 0 Å². The molecule has 0 aliphatic carbocycles. The van der Waals surface area contributed by atoms with Crippen LogP contribution in [0.4, 0.5) is 0 Å². The van der Waals surface area contributed by atoms with Gasteiger partial charge in [-0.2, -0.15) is 0 Å². The summed E-state index contributed by atoms with van der Waals surface area (Å²) in [6.45, 7) is 9.68. The van der Waals surface area contributed by atoms with Gasteiger partial charge in [0.1, 0.15) is 0 Å². The highest BCUT2D eigenvalue weighted by Gasteiger charge is 2.28. The van der Waals surface area contributed by atoms with E-state index in [0.29, 0.717) is 24.4 Å². The molecular formula is C13H26N2O2. The van der Waals surface area contributed by atoms with Crippen LogP contribution in [-0.4, -0.2) is 47.7 Å². The fourth-order valence-corrected chi connectivity index (χ4v) is 2.64. The summed E-state index contributed by atoms with van der Waals surface area (Å²) in [6, 6.07) is 1.07. The van der Waals surface area contributed by atoms with E-state index < -0.39 is 5.97 Å². The molecule has 2 unspecified atom stereocenters. The molecule has 0 saturated carbocycles.